The van der Waals surface area contributed by atoms with Gasteiger partial charge in [0, 0.05) is 29.8 Å². The average Bonchev–Trinajstić information content (AvgIpc) is 2.82. The Bertz CT molecular complexity index is 705. The number of benzene rings is 2. The van der Waals surface area contributed by atoms with E-state index in [4.69, 9.17) is 9.47 Å². The molecule has 0 spiro atoms. The smallest absolute Gasteiger partial charge is 0.128 e. The van der Waals surface area contributed by atoms with Crippen LogP contribution in [0.25, 0.3) is 0 Å². The predicted molar refractivity (Wildman–Crippen MR) is 89.6 cm³/mol. The molecule has 0 saturated carbocycles. The Hall–Kier alpha value is -2.11. The van der Waals surface area contributed by atoms with Crippen LogP contribution in [0.3, 0.4) is 0 Å². The zero-order chi connectivity index (χ0) is 16.9. The van der Waals surface area contributed by atoms with Crippen molar-refractivity contribution in [1.82, 2.24) is 5.32 Å². The van der Waals surface area contributed by atoms with Gasteiger partial charge in [0.1, 0.15) is 17.3 Å². The summed E-state index contributed by atoms with van der Waals surface area (Å²) in [4.78, 5) is 0. The van der Waals surface area contributed by atoms with E-state index in [0.29, 0.717) is 18.7 Å². The normalized spacial score (nSPS) is 16.9. The van der Waals surface area contributed by atoms with Gasteiger partial charge >= 0.3 is 0 Å². The van der Waals surface area contributed by atoms with Crippen LogP contribution in [-0.4, -0.2) is 18.8 Å². The summed E-state index contributed by atoms with van der Waals surface area (Å²) in [6, 6.07) is 10.9. The fraction of sp³-hybridized carbons (Fsp3) is 0.368. The highest BCUT2D eigenvalue weighted by molar-refractivity contribution is 5.43. The molecule has 4 nitrogen and oxygen atoms in total. The van der Waals surface area contributed by atoms with E-state index in [-0.39, 0.29) is 18.5 Å². The largest absolute Gasteiger partial charge is 0.497 e. The molecule has 128 valence electrons. The molecule has 0 bridgehead atoms. The molecule has 1 atom stereocenters. The summed E-state index contributed by atoms with van der Waals surface area (Å²) in [5, 5.41) is 12.7. The highest BCUT2D eigenvalue weighted by Gasteiger charge is 2.20. The molecule has 1 aliphatic heterocycles. The summed E-state index contributed by atoms with van der Waals surface area (Å²) in [6.07, 6.45) is 1.92. The number of hydrogen-bond acceptors (Lipinski definition) is 4. The lowest BCUT2D eigenvalue weighted by Gasteiger charge is -2.19. The molecule has 2 aromatic carbocycles. The van der Waals surface area contributed by atoms with Crippen LogP contribution in [0.5, 0.6) is 11.5 Å². The van der Waals surface area contributed by atoms with E-state index < -0.39 is 0 Å². The van der Waals surface area contributed by atoms with Gasteiger partial charge in [-0.05, 0) is 36.6 Å². The van der Waals surface area contributed by atoms with Gasteiger partial charge in [-0.1, -0.05) is 12.1 Å². The van der Waals surface area contributed by atoms with Gasteiger partial charge in [0.2, 0.25) is 0 Å². The SMILES string of the molecule is COc1ccc2c(c1)OCCC[C@H]2NCc1ccc(F)c(CO)c1. The molecule has 0 amide bonds. The summed E-state index contributed by atoms with van der Waals surface area (Å²) in [5.41, 5.74) is 2.38. The molecule has 2 aromatic rings. The molecule has 1 aliphatic rings. The minimum absolute atomic E-state index is 0.163. The number of fused-ring (bicyclic) bond motifs is 1. The maximum absolute atomic E-state index is 13.5. The van der Waals surface area contributed by atoms with Crippen molar-refractivity contribution < 1.29 is 19.0 Å². The van der Waals surface area contributed by atoms with Crippen LogP contribution >= 0.6 is 0 Å². The molecule has 0 fully saturated rings. The van der Waals surface area contributed by atoms with Gasteiger partial charge in [-0.25, -0.2) is 4.39 Å². The van der Waals surface area contributed by atoms with Crippen molar-refractivity contribution in [2.75, 3.05) is 13.7 Å². The fourth-order valence-electron chi connectivity index (χ4n) is 2.99. The molecular formula is C19H22FNO3. The molecule has 2 N–H and O–H groups in total. The summed E-state index contributed by atoms with van der Waals surface area (Å²) < 4.78 is 24.6. The second kappa shape index (κ2) is 7.64. The third kappa shape index (κ3) is 3.68. The predicted octanol–water partition coefficient (Wildman–Crippen LogP) is 3.33. The van der Waals surface area contributed by atoms with Crippen LogP contribution in [0.4, 0.5) is 4.39 Å². The molecule has 5 heteroatoms. The Balaban J connectivity index is 1.76. The molecule has 0 saturated heterocycles. The van der Waals surface area contributed by atoms with Crippen molar-refractivity contribution in [2.24, 2.45) is 0 Å². The molecule has 0 radical (unpaired) electrons. The number of methoxy groups -OCH3 is 1. The van der Waals surface area contributed by atoms with E-state index in [0.717, 1.165) is 35.5 Å². The van der Waals surface area contributed by atoms with Crippen LogP contribution < -0.4 is 14.8 Å². The number of halogens is 1. The first kappa shape index (κ1) is 16.7. The van der Waals surface area contributed by atoms with Crippen LogP contribution in [0.2, 0.25) is 0 Å². The standard InChI is InChI=1S/C19H22FNO3/c1-23-15-5-6-16-18(3-2-8-24-19(16)10-15)21-11-13-4-7-17(20)14(9-13)12-22/h4-7,9-10,18,21-22H,2-3,8,11-12H2,1H3/t18-/m1/s1. The summed E-state index contributed by atoms with van der Waals surface area (Å²) in [6.45, 7) is 0.993. The number of aliphatic hydroxyl groups is 1. The van der Waals surface area contributed by atoms with Crippen molar-refractivity contribution in [2.45, 2.75) is 32.0 Å². The quantitative estimate of drug-likeness (QED) is 0.882. The van der Waals surface area contributed by atoms with E-state index in [2.05, 4.69) is 5.32 Å². The van der Waals surface area contributed by atoms with Crippen LogP contribution in [0.15, 0.2) is 36.4 Å². The van der Waals surface area contributed by atoms with E-state index in [1.165, 1.54) is 6.07 Å². The van der Waals surface area contributed by atoms with Gasteiger partial charge in [0.15, 0.2) is 0 Å². The fourth-order valence-corrected chi connectivity index (χ4v) is 2.99. The van der Waals surface area contributed by atoms with E-state index in [1.54, 1.807) is 19.2 Å². The van der Waals surface area contributed by atoms with Gasteiger partial charge in [0.05, 0.1) is 20.3 Å². The van der Waals surface area contributed by atoms with Gasteiger partial charge in [-0.15, -0.1) is 0 Å². The van der Waals surface area contributed by atoms with Crippen molar-refractivity contribution in [1.29, 1.82) is 0 Å². The number of aliphatic hydroxyl groups excluding tert-OH is 1. The minimum atomic E-state index is -0.374. The minimum Gasteiger partial charge on any atom is -0.497 e. The van der Waals surface area contributed by atoms with Gasteiger partial charge in [0.25, 0.3) is 0 Å². The van der Waals surface area contributed by atoms with Crippen molar-refractivity contribution in [3.63, 3.8) is 0 Å². The van der Waals surface area contributed by atoms with E-state index in [9.17, 15) is 9.50 Å². The maximum Gasteiger partial charge on any atom is 0.128 e. The maximum atomic E-state index is 13.5. The summed E-state index contributed by atoms with van der Waals surface area (Å²) in [7, 11) is 1.64. The molecule has 1 heterocycles. The number of hydrogen-bond donors (Lipinski definition) is 2. The first-order valence-electron chi connectivity index (χ1n) is 8.13. The van der Waals surface area contributed by atoms with Crippen molar-refractivity contribution in [3.05, 3.63) is 58.9 Å². The first-order valence-corrected chi connectivity index (χ1v) is 8.13. The highest BCUT2D eigenvalue weighted by atomic mass is 19.1. The summed E-state index contributed by atoms with van der Waals surface area (Å²) in [5.74, 6) is 1.25. The number of nitrogens with one attached hydrogen (secondary N) is 1. The Kier molecular flexibility index (Phi) is 5.33. The lowest BCUT2D eigenvalue weighted by atomic mass is 10.0. The van der Waals surface area contributed by atoms with E-state index >= 15 is 0 Å². The zero-order valence-electron chi connectivity index (χ0n) is 13.7. The Morgan fingerprint density at radius 1 is 1.29 bits per heavy atom. The van der Waals surface area contributed by atoms with E-state index in [1.807, 2.05) is 18.2 Å². The van der Waals surface area contributed by atoms with Crippen molar-refractivity contribution in [3.8, 4) is 11.5 Å². The molecular weight excluding hydrogens is 309 g/mol. The summed E-state index contributed by atoms with van der Waals surface area (Å²) >= 11 is 0. The zero-order valence-corrected chi connectivity index (χ0v) is 13.7. The Morgan fingerprint density at radius 2 is 2.17 bits per heavy atom. The highest BCUT2D eigenvalue weighted by Crippen LogP contribution is 2.34. The molecule has 0 unspecified atom stereocenters. The first-order chi connectivity index (χ1) is 11.7. The third-order valence-electron chi connectivity index (χ3n) is 4.32. The second-order valence-electron chi connectivity index (χ2n) is 5.91. The number of rotatable bonds is 5. The topological polar surface area (TPSA) is 50.7 Å². The monoisotopic (exact) mass is 331 g/mol. The van der Waals surface area contributed by atoms with Crippen molar-refractivity contribution >= 4 is 0 Å². The Labute approximate surface area is 141 Å². The lowest BCUT2D eigenvalue weighted by Crippen LogP contribution is -2.20. The lowest BCUT2D eigenvalue weighted by molar-refractivity contribution is 0.275. The number of ether oxygens (including phenoxy) is 2. The van der Waals surface area contributed by atoms with Crippen LogP contribution in [0, 0.1) is 5.82 Å². The van der Waals surface area contributed by atoms with Gasteiger partial charge < -0.3 is 19.9 Å². The van der Waals surface area contributed by atoms with Gasteiger partial charge in [-0.2, -0.15) is 0 Å². The molecule has 0 aromatic heterocycles. The average molecular weight is 331 g/mol. The third-order valence-corrected chi connectivity index (χ3v) is 4.32. The van der Waals surface area contributed by atoms with Crippen LogP contribution in [-0.2, 0) is 13.2 Å². The Morgan fingerprint density at radius 3 is 2.96 bits per heavy atom. The molecule has 0 aliphatic carbocycles. The molecule has 3 rings (SSSR count). The second-order valence-corrected chi connectivity index (χ2v) is 5.91. The van der Waals surface area contributed by atoms with Gasteiger partial charge in [-0.3, -0.25) is 0 Å². The molecule has 24 heavy (non-hydrogen) atoms. The van der Waals surface area contributed by atoms with Crippen LogP contribution in [0.1, 0.15) is 35.6 Å².